The second-order valence-corrected chi connectivity index (χ2v) is 5.29. The number of hydrogen-bond acceptors (Lipinski definition) is 3. The van der Waals surface area contributed by atoms with Crippen LogP contribution in [0.4, 0.5) is 4.79 Å². The predicted molar refractivity (Wildman–Crippen MR) is 71.5 cm³/mol. The van der Waals surface area contributed by atoms with Crippen molar-refractivity contribution in [3.05, 3.63) is 0 Å². The van der Waals surface area contributed by atoms with E-state index in [-0.39, 0.29) is 25.2 Å². The van der Waals surface area contributed by atoms with Crippen LogP contribution in [0.25, 0.3) is 0 Å². The van der Waals surface area contributed by atoms with E-state index in [4.69, 9.17) is 11.5 Å². The van der Waals surface area contributed by atoms with E-state index in [1.54, 1.807) is 11.8 Å². The highest BCUT2D eigenvalue weighted by atomic mass is 32.2. The summed E-state index contributed by atoms with van der Waals surface area (Å²) in [5.41, 5.74) is 0. The van der Waals surface area contributed by atoms with Crippen molar-refractivity contribution in [3.8, 4) is 12.3 Å². The molecule has 0 bridgehead atoms. The first kappa shape index (κ1) is 14.7. The number of hydrogen-bond donors (Lipinski definition) is 2. The lowest BCUT2D eigenvalue weighted by Gasteiger charge is -2.24. The molecule has 5 nitrogen and oxygen atoms in total. The summed E-state index contributed by atoms with van der Waals surface area (Å²) in [6.07, 6.45) is 10.3. The van der Waals surface area contributed by atoms with Gasteiger partial charge in [-0.2, -0.15) is 11.8 Å². The van der Waals surface area contributed by atoms with E-state index >= 15 is 0 Å². The minimum absolute atomic E-state index is 0.00872. The lowest BCUT2D eigenvalue weighted by atomic mass is 10.2. The van der Waals surface area contributed by atoms with Crippen LogP contribution in [0.3, 0.4) is 0 Å². The Morgan fingerprint density at radius 2 is 2.28 bits per heavy atom. The molecule has 0 aliphatic heterocycles. The molecule has 0 heterocycles. The molecule has 2 unspecified atom stereocenters. The Kier molecular flexibility index (Phi) is 5.86. The molecule has 0 aromatic carbocycles. The molecule has 0 aromatic rings. The topological polar surface area (TPSA) is 69.6 Å². The van der Waals surface area contributed by atoms with Gasteiger partial charge in [-0.1, -0.05) is 12.3 Å². The first-order chi connectivity index (χ1) is 8.58. The number of urea groups is 1. The van der Waals surface area contributed by atoms with Gasteiger partial charge in [0.2, 0.25) is 0 Å². The van der Waals surface area contributed by atoms with Gasteiger partial charge in [0.05, 0.1) is 6.54 Å². The normalized spacial score (nSPS) is 22.2. The number of nitrogens with one attached hydrogen (secondary N) is 1. The van der Waals surface area contributed by atoms with Crippen molar-refractivity contribution >= 4 is 23.8 Å². The molecule has 0 saturated heterocycles. The van der Waals surface area contributed by atoms with Crippen molar-refractivity contribution in [2.75, 3.05) is 19.3 Å². The van der Waals surface area contributed by atoms with Crippen molar-refractivity contribution < 1.29 is 14.7 Å². The summed E-state index contributed by atoms with van der Waals surface area (Å²) in [6, 6.07) is -0.275. The highest BCUT2D eigenvalue weighted by Gasteiger charge is 2.29. The molecular formula is C12H18N2O3S. The Balaban J connectivity index is 2.55. The number of terminal acetylenes is 1. The number of rotatable bonds is 5. The molecule has 6 heteroatoms. The molecule has 0 radical (unpaired) electrons. The maximum absolute atomic E-state index is 11.9. The van der Waals surface area contributed by atoms with E-state index < -0.39 is 5.97 Å². The Labute approximate surface area is 111 Å². The van der Waals surface area contributed by atoms with Crippen LogP contribution in [0.1, 0.15) is 19.3 Å². The Morgan fingerprint density at radius 3 is 2.83 bits per heavy atom. The molecule has 2 amide bonds. The maximum Gasteiger partial charge on any atom is 0.323 e. The van der Waals surface area contributed by atoms with Crippen molar-refractivity contribution in [1.82, 2.24) is 10.2 Å². The van der Waals surface area contributed by atoms with Crippen molar-refractivity contribution in [3.63, 3.8) is 0 Å². The van der Waals surface area contributed by atoms with Gasteiger partial charge in [0.15, 0.2) is 0 Å². The van der Waals surface area contributed by atoms with Crippen LogP contribution in [0, 0.1) is 12.3 Å². The minimum Gasteiger partial charge on any atom is -0.480 e. The quantitative estimate of drug-likeness (QED) is 0.731. The van der Waals surface area contributed by atoms with Gasteiger partial charge in [0.25, 0.3) is 0 Å². The number of nitrogens with zero attached hydrogens (tertiary/aromatic N) is 1. The minimum atomic E-state index is -1.06. The van der Waals surface area contributed by atoms with Crippen LogP contribution in [0.5, 0.6) is 0 Å². The highest BCUT2D eigenvalue weighted by molar-refractivity contribution is 7.99. The summed E-state index contributed by atoms with van der Waals surface area (Å²) in [5, 5.41) is 12.0. The molecule has 2 atom stereocenters. The van der Waals surface area contributed by atoms with Gasteiger partial charge in [0.1, 0.15) is 6.54 Å². The van der Waals surface area contributed by atoms with Gasteiger partial charge in [-0.25, -0.2) is 4.79 Å². The zero-order valence-electron chi connectivity index (χ0n) is 10.4. The van der Waals surface area contributed by atoms with E-state index in [1.165, 1.54) is 0 Å². The first-order valence-corrected chi connectivity index (χ1v) is 7.10. The van der Waals surface area contributed by atoms with E-state index in [1.807, 2.05) is 6.26 Å². The summed E-state index contributed by atoms with van der Waals surface area (Å²) in [7, 11) is 0. The van der Waals surface area contributed by atoms with Crippen LogP contribution in [-0.2, 0) is 4.79 Å². The second-order valence-electron chi connectivity index (χ2n) is 4.21. The van der Waals surface area contributed by atoms with E-state index in [0.717, 1.165) is 24.2 Å². The molecule has 0 spiro atoms. The fraction of sp³-hybridized carbons (Fsp3) is 0.667. The largest absolute Gasteiger partial charge is 0.480 e. The van der Waals surface area contributed by atoms with Gasteiger partial charge in [-0.15, -0.1) is 6.42 Å². The third-order valence-electron chi connectivity index (χ3n) is 2.96. The van der Waals surface area contributed by atoms with Crippen molar-refractivity contribution in [1.29, 1.82) is 0 Å². The third-order valence-corrected chi connectivity index (χ3v) is 4.13. The Hall–Kier alpha value is -1.35. The standard InChI is InChI=1S/C12H18N2O3S/c1-3-7-14(8-11(15)16)12(17)13-9-5-4-6-10(9)18-2/h1,9-10H,4-8H2,2H3,(H,13,17)(H,15,16). The third kappa shape index (κ3) is 4.15. The van der Waals surface area contributed by atoms with Crippen molar-refractivity contribution in [2.45, 2.75) is 30.6 Å². The van der Waals surface area contributed by atoms with Crippen molar-refractivity contribution in [2.24, 2.45) is 0 Å². The molecule has 100 valence electrons. The number of amides is 2. The first-order valence-electron chi connectivity index (χ1n) is 5.82. The summed E-state index contributed by atoms with van der Waals surface area (Å²) in [4.78, 5) is 23.7. The number of carboxylic acid groups (broad SMARTS) is 1. The van der Waals surface area contributed by atoms with Gasteiger partial charge in [0, 0.05) is 11.3 Å². The molecule has 1 aliphatic carbocycles. The molecule has 1 aliphatic rings. The number of thioether (sulfide) groups is 1. The molecule has 1 rings (SSSR count). The van der Waals surface area contributed by atoms with Gasteiger partial charge < -0.3 is 15.3 Å². The molecule has 1 saturated carbocycles. The predicted octanol–water partition coefficient (Wildman–Crippen LogP) is 1.000. The Bertz CT molecular complexity index is 354. The van der Waals surface area contributed by atoms with Crippen LogP contribution in [0.15, 0.2) is 0 Å². The summed E-state index contributed by atoms with van der Waals surface area (Å²) >= 11 is 1.73. The monoisotopic (exact) mass is 270 g/mol. The maximum atomic E-state index is 11.9. The number of aliphatic carboxylic acids is 1. The number of carbonyl (C=O) groups is 2. The van der Waals surface area contributed by atoms with Gasteiger partial charge in [-0.05, 0) is 19.1 Å². The molecule has 18 heavy (non-hydrogen) atoms. The van der Waals surface area contributed by atoms with E-state index in [9.17, 15) is 9.59 Å². The zero-order chi connectivity index (χ0) is 13.5. The summed E-state index contributed by atoms with van der Waals surface area (Å²) in [6.45, 7) is -0.360. The zero-order valence-corrected chi connectivity index (χ0v) is 11.2. The summed E-state index contributed by atoms with van der Waals surface area (Å²) < 4.78 is 0. The lowest BCUT2D eigenvalue weighted by Crippen LogP contribution is -2.48. The average molecular weight is 270 g/mol. The molecule has 2 N–H and O–H groups in total. The van der Waals surface area contributed by atoms with Crippen LogP contribution in [-0.4, -0.2) is 52.6 Å². The molecule has 0 aromatic heterocycles. The van der Waals surface area contributed by atoms with E-state index in [0.29, 0.717) is 5.25 Å². The van der Waals surface area contributed by atoms with Crippen LogP contribution in [0.2, 0.25) is 0 Å². The smallest absolute Gasteiger partial charge is 0.323 e. The fourth-order valence-electron chi connectivity index (χ4n) is 2.10. The van der Waals surface area contributed by atoms with E-state index in [2.05, 4.69) is 11.2 Å². The van der Waals surface area contributed by atoms with Gasteiger partial charge >= 0.3 is 12.0 Å². The van der Waals surface area contributed by atoms with Crippen LogP contribution < -0.4 is 5.32 Å². The van der Waals surface area contributed by atoms with Gasteiger partial charge in [-0.3, -0.25) is 4.79 Å². The highest BCUT2D eigenvalue weighted by Crippen LogP contribution is 2.28. The number of carbonyl (C=O) groups excluding carboxylic acids is 1. The van der Waals surface area contributed by atoms with Crippen LogP contribution >= 0.6 is 11.8 Å². The average Bonchev–Trinajstić information content (AvgIpc) is 2.75. The summed E-state index contributed by atoms with van der Waals surface area (Å²) in [5.74, 6) is 1.24. The second kappa shape index (κ2) is 7.17. The fourth-order valence-corrected chi connectivity index (χ4v) is 3.03. The molecular weight excluding hydrogens is 252 g/mol. The number of carboxylic acids is 1. The SMILES string of the molecule is C#CCN(CC(=O)O)C(=O)NC1CCCC1SC. The lowest BCUT2D eigenvalue weighted by molar-refractivity contribution is -0.137. The molecule has 1 fully saturated rings. The Morgan fingerprint density at radius 1 is 1.56 bits per heavy atom.